The Hall–Kier alpha value is -3.38. The van der Waals surface area contributed by atoms with Crippen LogP contribution >= 0.6 is 0 Å². The summed E-state index contributed by atoms with van der Waals surface area (Å²) in [5, 5.41) is 29.5. The summed E-state index contributed by atoms with van der Waals surface area (Å²) in [4.78, 5) is 27.3. The lowest BCUT2D eigenvalue weighted by Gasteiger charge is -2.42. The Bertz CT molecular complexity index is 1020. The van der Waals surface area contributed by atoms with Crippen LogP contribution in [0.1, 0.15) is 43.0 Å². The first kappa shape index (κ1) is 20.4. The average molecular weight is 399 g/mol. The number of benzene rings is 1. The molecule has 1 aromatic carbocycles. The third kappa shape index (κ3) is 4.22. The SMILES string of the molecule is CC1(C)Oc2ccc(C#N)cc2[C@@H](n2ccc(CCCO[N+](=O)[O-])cc2=O)[C@@H]1O. The van der Waals surface area contributed by atoms with Gasteiger partial charge in [0.1, 0.15) is 17.5 Å². The van der Waals surface area contributed by atoms with Gasteiger partial charge in [0.2, 0.25) is 0 Å². The molecule has 0 radical (unpaired) electrons. The number of fused-ring (bicyclic) bond motifs is 1. The number of nitrogens with zero attached hydrogens (tertiary/aromatic N) is 3. The van der Waals surface area contributed by atoms with E-state index in [4.69, 9.17) is 4.74 Å². The van der Waals surface area contributed by atoms with Crippen LogP contribution in [0.3, 0.4) is 0 Å². The second kappa shape index (κ2) is 7.93. The van der Waals surface area contributed by atoms with Gasteiger partial charge in [-0.2, -0.15) is 5.26 Å². The number of hydrogen-bond donors (Lipinski definition) is 1. The van der Waals surface area contributed by atoms with E-state index in [-0.39, 0.29) is 12.2 Å². The molecule has 0 aliphatic carbocycles. The van der Waals surface area contributed by atoms with Crippen LogP contribution in [-0.4, -0.2) is 33.1 Å². The van der Waals surface area contributed by atoms with Crippen LogP contribution in [0.15, 0.2) is 41.3 Å². The number of nitriles is 1. The van der Waals surface area contributed by atoms with E-state index in [0.29, 0.717) is 35.3 Å². The standard InChI is InChI=1S/C20H21N3O6/c1-20(2)19(25)18(15-10-14(12-21)5-6-16(15)29-20)22-8-7-13(11-17(22)24)4-3-9-28-23(26)27/h5-8,10-11,18-19,25H,3-4,9H2,1-2H3/t18-,19+/m1/s1. The van der Waals surface area contributed by atoms with Crippen LogP contribution in [-0.2, 0) is 11.3 Å². The molecule has 1 aliphatic heterocycles. The summed E-state index contributed by atoms with van der Waals surface area (Å²) >= 11 is 0. The lowest BCUT2D eigenvalue weighted by molar-refractivity contribution is -0.757. The highest BCUT2D eigenvalue weighted by Gasteiger charge is 2.44. The number of aryl methyl sites for hydroxylation is 1. The van der Waals surface area contributed by atoms with Gasteiger partial charge in [-0.1, -0.05) is 0 Å². The summed E-state index contributed by atoms with van der Waals surface area (Å²) in [7, 11) is 0. The van der Waals surface area contributed by atoms with Crippen molar-refractivity contribution < 1.29 is 19.8 Å². The maximum atomic E-state index is 12.8. The molecule has 0 bridgehead atoms. The van der Waals surface area contributed by atoms with Crippen LogP contribution in [0.25, 0.3) is 0 Å². The minimum Gasteiger partial charge on any atom is -0.485 e. The Morgan fingerprint density at radius 1 is 1.38 bits per heavy atom. The lowest BCUT2D eigenvalue weighted by atomic mass is 9.85. The Balaban J connectivity index is 1.94. The molecule has 2 heterocycles. The third-order valence-electron chi connectivity index (χ3n) is 4.96. The van der Waals surface area contributed by atoms with Crippen LogP contribution in [0.2, 0.25) is 0 Å². The van der Waals surface area contributed by atoms with E-state index in [2.05, 4.69) is 10.9 Å². The van der Waals surface area contributed by atoms with Gasteiger partial charge in [-0.3, -0.25) is 4.79 Å². The maximum Gasteiger partial charge on any atom is 0.294 e. The monoisotopic (exact) mass is 399 g/mol. The van der Waals surface area contributed by atoms with Crippen molar-refractivity contribution in [3.63, 3.8) is 0 Å². The summed E-state index contributed by atoms with van der Waals surface area (Å²) < 4.78 is 7.31. The lowest BCUT2D eigenvalue weighted by Crippen LogP contribution is -2.52. The summed E-state index contributed by atoms with van der Waals surface area (Å²) in [6.45, 7) is 3.42. The fourth-order valence-corrected chi connectivity index (χ4v) is 3.47. The second-order valence-electron chi connectivity index (χ2n) is 7.40. The van der Waals surface area contributed by atoms with E-state index in [0.717, 1.165) is 0 Å². The van der Waals surface area contributed by atoms with Gasteiger partial charge >= 0.3 is 0 Å². The minimum atomic E-state index is -1.03. The van der Waals surface area contributed by atoms with Crippen LogP contribution in [0.5, 0.6) is 5.75 Å². The third-order valence-corrected chi connectivity index (χ3v) is 4.96. The topological polar surface area (TPSA) is 128 Å². The summed E-state index contributed by atoms with van der Waals surface area (Å²) in [5.41, 5.74) is 0.409. The Kier molecular flexibility index (Phi) is 5.57. The Morgan fingerprint density at radius 2 is 2.14 bits per heavy atom. The first-order chi connectivity index (χ1) is 13.7. The molecule has 2 atom stereocenters. The molecular formula is C20H21N3O6. The molecule has 2 aromatic rings. The molecule has 0 saturated heterocycles. The number of aromatic nitrogens is 1. The first-order valence-corrected chi connectivity index (χ1v) is 9.12. The fourth-order valence-electron chi connectivity index (χ4n) is 3.47. The molecule has 0 saturated carbocycles. The smallest absolute Gasteiger partial charge is 0.294 e. The molecule has 1 aliphatic rings. The Labute approximate surface area is 166 Å². The highest BCUT2D eigenvalue weighted by molar-refractivity contribution is 5.46. The number of rotatable bonds is 6. The number of ether oxygens (including phenoxy) is 1. The van der Waals surface area contributed by atoms with E-state index in [1.54, 1.807) is 44.3 Å². The number of pyridine rings is 1. The van der Waals surface area contributed by atoms with Crippen molar-refractivity contribution in [3.05, 3.63) is 73.7 Å². The molecular weight excluding hydrogens is 378 g/mol. The van der Waals surface area contributed by atoms with Gasteiger partial charge in [0.25, 0.3) is 10.6 Å². The number of hydrogen-bond acceptors (Lipinski definition) is 7. The Morgan fingerprint density at radius 3 is 2.79 bits per heavy atom. The van der Waals surface area contributed by atoms with E-state index < -0.39 is 22.8 Å². The van der Waals surface area contributed by atoms with Gasteiger partial charge in [-0.15, -0.1) is 10.1 Å². The summed E-state index contributed by atoms with van der Waals surface area (Å²) in [6.07, 6.45) is 1.40. The van der Waals surface area contributed by atoms with Crippen molar-refractivity contribution in [2.75, 3.05) is 6.61 Å². The van der Waals surface area contributed by atoms with Crippen molar-refractivity contribution in [1.29, 1.82) is 5.26 Å². The zero-order chi connectivity index (χ0) is 21.2. The zero-order valence-electron chi connectivity index (χ0n) is 16.1. The van der Waals surface area contributed by atoms with Gasteiger partial charge in [0, 0.05) is 17.8 Å². The van der Waals surface area contributed by atoms with E-state index >= 15 is 0 Å². The van der Waals surface area contributed by atoms with Crippen LogP contribution in [0, 0.1) is 21.4 Å². The molecule has 0 spiro atoms. The summed E-state index contributed by atoms with van der Waals surface area (Å²) in [5.74, 6) is 0.511. The molecule has 29 heavy (non-hydrogen) atoms. The quantitative estimate of drug-likeness (QED) is 0.447. The van der Waals surface area contributed by atoms with Crippen LogP contribution < -0.4 is 10.3 Å². The van der Waals surface area contributed by atoms with Gasteiger partial charge in [0.15, 0.2) is 0 Å². The summed E-state index contributed by atoms with van der Waals surface area (Å²) in [6, 6.07) is 9.43. The van der Waals surface area contributed by atoms with Crippen LogP contribution in [0.4, 0.5) is 0 Å². The number of aliphatic hydroxyl groups excluding tert-OH is 1. The van der Waals surface area contributed by atoms with Gasteiger partial charge in [0.05, 0.1) is 24.3 Å². The first-order valence-electron chi connectivity index (χ1n) is 9.12. The number of aliphatic hydroxyl groups is 1. The predicted octanol–water partition coefficient (Wildman–Crippen LogP) is 1.98. The van der Waals surface area contributed by atoms with E-state index in [1.165, 1.54) is 10.6 Å². The van der Waals surface area contributed by atoms with Crippen molar-refractivity contribution in [1.82, 2.24) is 4.57 Å². The van der Waals surface area contributed by atoms with Gasteiger partial charge in [-0.05, 0) is 56.5 Å². The van der Waals surface area contributed by atoms with Crippen molar-refractivity contribution >= 4 is 0 Å². The predicted molar refractivity (Wildman–Crippen MR) is 102 cm³/mol. The van der Waals surface area contributed by atoms with Gasteiger partial charge < -0.3 is 19.2 Å². The van der Waals surface area contributed by atoms with Crippen molar-refractivity contribution in [2.45, 2.75) is 44.4 Å². The molecule has 0 unspecified atom stereocenters. The molecule has 0 fully saturated rings. The zero-order valence-corrected chi connectivity index (χ0v) is 16.1. The molecule has 152 valence electrons. The molecule has 9 nitrogen and oxygen atoms in total. The fraction of sp³-hybridized carbons (Fsp3) is 0.400. The molecule has 1 aromatic heterocycles. The van der Waals surface area contributed by atoms with Gasteiger partial charge in [-0.25, -0.2) is 0 Å². The molecule has 0 amide bonds. The second-order valence-corrected chi connectivity index (χ2v) is 7.40. The molecule has 9 heteroatoms. The van der Waals surface area contributed by atoms with Crippen molar-refractivity contribution in [2.24, 2.45) is 0 Å². The van der Waals surface area contributed by atoms with Crippen molar-refractivity contribution in [3.8, 4) is 11.8 Å². The normalized spacial score (nSPS) is 19.5. The highest BCUT2D eigenvalue weighted by Crippen LogP contribution is 2.41. The maximum absolute atomic E-state index is 12.8. The highest BCUT2D eigenvalue weighted by atomic mass is 16.9. The average Bonchev–Trinajstić information content (AvgIpc) is 2.66. The largest absolute Gasteiger partial charge is 0.485 e. The minimum absolute atomic E-state index is 0.0483. The molecule has 1 N–H and O–H groups in total. The van der Waals surface area contributed by atoms with E-state index in [9.17, 15) is 25.3 Å². The van der Waals surface area contributed by atoms with E-state index in [1.807, 2.05) is 0 Å². The molecule has 3 rings (SSSR count).